The van der Waals surface area contributed by atoms with Gasteiger partial charge in [0.25, 0.3) is 0 Å². The van der Waals surface area contributed by atoms with Gasteiger partial charge in [0.2, 0.25) is 0 Å². The fraction of sp³-hybridized carbons (Fsp3) is 0.308. The molecule has 0 aliphatic rings. The highest BCUT2D eigenvalue weighted by Gasteiger charge is 2.05. The first-order chi connectivity index (χ1) is 8.54. The number of rotatable bonds is 4. The first kappa shape index (κ1) is 12.8. The second-order valence-electron chi connectivity index (χ2n) is 4.43. The molecule has 0 saturated carbocycles. The number of nitrogens with zero attached hydrogens (tertiary/aromatic N) is 1. The fourth-order valence-corrected chi connectivity index (χ4v) is 2.66. The normalized spacial score (nSPS) is 14.3. The summed E-state index contributed by atoms with van der Waals surface area (Å²) in [7, 11) is -0.806. The Kier molecular flexibility index (Phi) is 3.81. The van der Waals surface area contributed by atoms with Crippen LogP contribution >= 0.6 is 0 Å². The highest BCUT2D eigenvalue weighted by atomic mass is 32.2. The Balaban J connectivity index is 2.20. The van der Waals surface area contributed by atoms with Gasteiger partial charge < -0.3 is 11.1 Å². The summed E-state index contributed by atoms with van der Waals surface area (Å²) >= 11 is 0. The number of hydrogen-bond acceptors (Lipinski definition) is 4. The van der Waals surface area contributed by atoms with Gasteiger partial charge in [-0.3, -0.25) is 4.21 Å². The number of nitrogens with one attached hydrogen (secondary N) is 1. The molecular formula is C13H17N3OS. The van der Waals surface area contributed by atoms with E-state index >= 15 is 0 Å². The van der Waals surface area contributed by atoms with Gasteiger partial charge in [0.15, 0.2) is 0 Å². The van der Waals surface area contributed by atoms with E-state index < -0.39 is 10.8 Å². The lowest BCUT2D eigenvalue weighted by Gasteiger charge is -2.13. The second kappa shape index (κ2) is 5.35. The smallest absolute Gasteiger partial charge is 0.126 e. The van der Waals surface area contributed by atoms with Gasteiger partial charge in [-0.05, 0) is 37.3 Å². The zero-order chi connectivity index (χ0) is 13.1. The van der Waals surface area contributed by atoms with Crippen molar-refractivity contribution in [2.24, 2.45) is 0 Å². The number of anilines is 2. The van der Waals surface area contributed by atoms with Gasteiger partial charge in [-0.15, -0.1) is 0 Å². The largest absolute Gasteiger partial charge is 0.399 e. The number of fused-ring (bicyclic) bond motifs is 1. The van der Waals surface area contributed by atoms with E-state index in [2.05, 4.69) is 10.3 Å². The van der Waals surface area contributed by atoms with E-state index in [0.717, 1.165) is 22.4 Å². The summed E-state index contributed by atoms with van der Waals surface area (Å²) in [6.07, 6.45) is 1.70. The van der Waals surface area contributed by atoms with Crippen molar-refractivity contribution < 1.29 is 4.21 Å². The number of nitrogens with two attached hydrogens (primary N) is 1. The van der Waals surface area contributed by atoms with Crippen LogP contribution in [0.5, 0.6) is 0 Å². The van der Waals surface area contributed by atoms with E-state index in [1.807, 2.05) is 37.3 Å². The van der Waals surface area contributed by atoms with Gasteiger partial charge in [-0.2, -0.15) is 0 Å². The molecule has 2 atom stereocenters. The van der Waals surface area contributed by atoms with Gasteiger partial charge in [0.05, 0.1) is 5.52 Å². The van der Waals surface area contributed by atoms with Crippen LogP contribution in [0.1, 0.15) is 6.92 Å². The molecule has 3 N–H and O–H groups in total. The van der Waals surface area contributed by atoms with Crippen LogP contribution in [0.25, 0.3) is 10.9 Å². The molecule has 0 saturated heterocycles. The molecule has 0 radical (unpaired) electrons. The predicted molar refractivity (Wildman–Crippen MR) is 78.2 cm³/mol. The quantitative estimate of drug-likeness (QED) is 0.828. The third kappa shape index (κ3) is 3.20. The van der Waals surface area contributed by atoms with Crippen molar-refractivity contribution in [3.63, 3.8) is 0 Å². The summed E-state index contributed by atoms with van der Waals surface area (Å²) in [6.45, 7) is 2.00. The highest BCUT2D eigenvalue weighted by molar-refractivity contribution is 7.84. The average molecular weight is 263 g/mol. The Hall–Kier alpha value is -1.62. The van der Waals surface area contributed by atoms with Crippen molar-refractivity contribution in [3.05, 3.63) is 30.3 Å². The molecule has 1 heterocycles. The molecule has 0 fully saturated rings. The maximum absolute atomic E-state index is 11.1. The lowest BCUT2D eigenvalue weighted by atomic mass is 10.2. The number of hydrogen-bond donors (Lipinski definition) is 2. The lowest BCUT2D eigenvalue weighted by Crippen LogP contribution is -2.22. The molecule has 2 unspecified atom stereocenters. The van der Waals surface area contributed by atoms with Crippen LogP contribution in [0.4, 0.5) is 11.5 Å². The zero-order valence-corrected chi connectivity index (χ0v) is 11.3. The third-order valence-electron chi connectivity index (χ3n) is 2.59. The molecule has 1 aromatic heterocycles. The molecule has 2 aromatic rings. The van der Waals surface area contributed by atoms with Crippen LogP contribution in [0.2, 0.25) is 0 Å². The van der Waals surface area contributed by atoms with Crippen LogP contribution < -0.4 is 11.1 Å². The first-order valence-corrected chi connectivity index (χ1v) is 7.50. The summed E-state index contributed by atoms with van der Waals surface area (Å²) in [5.41, 5.74) is 7.36. The van der Waals surface area contributed by atoms with Crippen LogP contribution in [0.3, 0.4) is 0 Å². The predicted octanol–water partition coefficient (Wildman–Crippen LogP) is 2.00. The summed E-state index contributed by atoms with van der Waals surface area (Å²) in [5.74, 6) is 1.41. The van der Waals surface area contributed by atoms with Gasteiger partial charge in [0, 0.05) is 39.9 Å². The van der Waals surface area contributed by atoms with Crippen molar-refractivity contribution in [1.29, 1.82) is 0 Å². The standard InChI is InChI=1S/C13H17N3OS/c1-9(8-18(2)17)15-13-6-3-10-7-11(14)4-5-12(10)16-13/h3-7,9H,8,14H2,1-2H3,(H,15,16). The topological polar surface area (TPSA) is 68.0 Å². The zero-order valence-electron chi connectivity index (χ0n) is 10.5. The molecule has 96 valence electrons. The minimum absolute atomic E-state index is 0.134. The molecule has 4 nitrogen and oxygen atoms in total. The van der Waals surface area contributed by atoms with Crippen LogP contribution in [-0.2, 0) is 10.8 Å². The Bertz CT molecular complexity index is 585. The molecule has 0 aliphatic heterocycles. The minimum atomic E-state index is -0.806. The number of benzene rings is 1. The van der Waals surface area contributed by atoms with Crippen LogP contribution in [0, 0.1) is 0 Å². The molecule has 0 aliphatic carbocycles. The Morgan fingerprint density at radius 3 is 2.89 bits per heavy atom. The Labute approximate surface area is 109 Å². The fourth-order valence-electron chi connectivity index (χ4n) is 1.87. The molecule has 0 amide bonds. The summed E-state index contributed by atoms with van der Waals surface area (Å²) < 4.78 is 11.1. The van der Waals surface area contributed by atoms with E-state index in [1.54, 1.807) is 6.26 Å². The first-order valence-electron chi connectivity index (χ1n) is 5.77. The molecule has 1 aromatic carbocycles. The highest BCUT2D eigenvalue weighted by Crippen LogP contribution is 2.18. The lowest BCUT2D eigenvalue weighted by molar-refractivity contribution is 0.683. The molecule has 2 rings (SSSR count). The third-order valence-corrected chi connectivity index (χ3v) is 3.56. The van der Waals surface area contributed by atoms with Gasteiger partial charge in [-0.25, -0.2) is 4.98 Å². The Morgan fingerprint density at radius 2 is 2.17 bits per heavy atom. The summed E-state index contributed by atoms with van der Waals surface area (Å²) in [4.78, 5) is 4.50. The van der Waals surface area contributed by atoms with Gasteiger partial charge in [-0.1, -0.05) is 0 Å². The summed E-state index contributed by atoms with van der Waals surface area (Å²) in [6, 6.07) is 9.67. The maximum Gasteiger partial charge on any atom is 0.126 e. The number of pyridine rings is 1. The van der Waals surface area contributed by atoms with E-state index in [-0.39, 0.29) is 6.04 Å². The minimum Gasteiger partial charge on any atom is -0.399 e. The van der Waals surface area contributed by atoms with Crippen LogP contribution in [-0.4, -0.2) is 27.2 Å². The van der Waals surface area contributed by atoms with E-state index in [1.165, 1.54) is 0 Å². The van der Waals surface area contributed by atoms with Gasteiger partial charge >= 0.3 is 0 Å². The Morgan fingerprint density at radius 1 is 1.39 bits per heavy atom. The van der Waals surface area contributed by atoms with Crippen molar-refractivity contribution in [2.75, 3.05) is 23.1 Å². The second-order valence-corrected chi connectivity index (χ2v) is 5.91. The van der Waals surface area contributed by atoms with Crippen molar-refractivity contribution in [3.8, 4) is 0 Å². The SMILES string of the molecule is CC(CS(C)=O)Nc1ccc2cc(N)ccc2n1. The summed E-state index contributed by atoms with van der Waals surface area (Å²) in [5, 5.41) is 4.27. The van der Waals surface area contributed by atoms with Gasteiger partial charge in [0.1, 0.15) is 5.82 Å². The van der Waals surface area contributed by atoms with Crippen molar-refractivity contribution in [2.45, 2.75) is 13.0 Å². The average Bonchev–Trinajstić information content (AvgIpc) is 2.28. The maximum atomic E-state index is 11.1. The molecule has 18 heavy (non-hydrogen) atoms. The molecular weight excluding hydrogens is 246 g/mol. The monoisotopic (exact) mass is 263 g/mol. The molecule has 0 bridgehead atoms. The van der Waals surface area contributed by atoms with E-state index in [4.69, 9.17) is 5.73 Å². The van der Waals surface area contributed by atoms with Crippen molar-refractivity contribution >= 4 is 33.2 Å². The van der Waals surface area contributed by atoms with Crippen molar-refractivity contribution in [1.82, 2.24) is 4.98 Å². The number of aromatic nitrogens is 1. The number of nitrogen functional groups attached to an aromatic ring is 1. The van der Waals surface area contributed by atoms with Crippen LogP contribution in [0.15, 0.2) is 30.3 Å². The van der Waals surface area contributed by atoms with E-state index in [9.17, 15) is 4.21 Å². The molecule has 0 spiro atoms. The van der Waals surface area contributed by atoms with E-state index in [0.29, 0.717) is 5.75 Å². The molecule has 5 heteroatoms.